The van der Waals surface area contributed by atoms with Gasteiger partial charge in [-0.3, -0.25) is 14.8 Å². The Balaban J connectivity index is 1.75. The van der Waals surface area contributed by atoms with E-state index in [0.717, 1.165) is 30.1 Å². The molecule has 0 fully saturated rings. The van der Waals surface area contributed by atoms with Gasteiger partial charge in [-0.1, -0.05) is 11.6 Å². The van der Waals surface area contributed by atoms with Gasteiger partial charge in [0.05, 0.1) is 34.0 Å². The number of halogens is 2. The predicted molar refractivity (Wildman–Crippen MR) is 94.2 cm³/mol. The molecule has 0 radical (unpaired) electrons. The van der Waals surface area contributed by atoms with Gasteiger partial charge < -0.3 is 5.32 Å². The molecule has 0 atom stereocenters. The lowest BCUT2D eigenvalue weighted by Gasteiger charge is -2.05. The predicted octanol–water partition coefficient (Wildman–Crippen LogP) is 1.94. The normalized spacial score (nSPS) is 11.4. The van der Waals surface area contributed by atoms with Crippen LogP contribution in [-0.2, 0) is 16.6 Å². The largest absolute Gasteiger partial charge is 0.345 e. The van der Waals surface area contributed by atoms with Crippen LogP contribution in [0.3, 0.4) is 0 Å². The van der Waals surface area contributed by atoms with Crippen molar-refractivity contribution in [3.63, 3.8) is 0 Å². The Bertz CT molecular complexity index is 1100. The van der Waals surface area contributed by atoms with Crippen LogP contribution in [0.15, 0.2) is 47.8 Å². The van der Waals surface area contributed by atoms with Gasteiger partial charge >= 0.3 is 0 Å². The van der Waals surface area contributed by atoms with Crippen molar-refractivity contribution >= 4 is 27.5 Å². The minimum absolute atomic E-state index is 0.105. The molecule has 2 heterocycles. The smallest absolute Gasteiger partial charge is 0.283 e. The highest BCUT2D eigenvalue weighted by atomic mass is 35.5. The molecule has 0 saturated carbocycles. The van der Waals surface area contributed by atoms with E-state index in [9.17, 15) is 17.6 Å². The number of carbonyl (C=O) groups is 1. The molecular weight excluding hydrogens is 397 g/mol. The molecule has 3 rings (SSSR count). The summed E-state index contributed by atoms with van der Waals surface area (Å²) in [6, 6.07) is 4.23. The van der Waals surface area contributed by atoms with Crippen LogP contribution in [0.2, 0.25) is 5.02 Å². The second kappa shape index (κ2) is 7.41. The van der Waals surface area contributed by atoms with E-state index in [1.54, 1.807) is 13.1 Å². The van der Waals surface area contributed by atoms with E-state index in [-0.39, 0.29) is 22.2 Å². The first-order chi connectivity index (χ1) is 12.8. The third-order valence-corrected chi connectivity index (χ3v) is 5.33. The molecule has 2 aromatic heterocycles. The summed E-state index contributed by atoms with van der Waals surface area (Å²) in [5.74, 6) is -1.32. The Morgan fingerprint density at radius 1 is 1.26 bits per heavy atom. The highest BCUT2D eigenvalue weighted by molar-refractivity contribution is 7.89. The van der Waals surface area contributed by atoms with Crippen molar-refractivity contribution < 1.29 is 17.6 Å². The number of hydrogen-bond acceptors (Lipinski definition) is 6. The Morgan fingerprint density at radius 3 is 2.70 bits per heavy atom. The lowest BCUT2D eigenvalue weighted by molar-refractivity contribution is 0.0945. The average molecular weight is 410 g/mol. The van der Waals surface area contributed by atoms with Gasteiger partial charge in [-0.2, -0.15) is 17.6 Å². The molecular formula is C16H13ClFN5O3S. The lowest BCUT2D eigenvalue weighted by atomic mass is 10.3. The van der Waals surface area contributed by atoms with Crippen molar-refractivity contribution in [2.24, 2.45) is 0 Å². The molecule has 11 heteroatoms. The molecule has 0 aliphatic carbocycles. The zero-order valence-electron chi connectivity index (χ0n) is 13.9. The SMILES string of the molecule is Cc1cnc(CNC(=O)c2ccn(S(=O)(=O)c3ccc(F)c(Cl)c3)n2)cn1. The number of nitrogens with one attached hydrogen (secondary N) is 1. The van der Waals surface area contributed by atoms with E-state index in [1.165, 1.54) is 12.3 Å². The molecule has 8 nitrogen and oxygen atoms in total. The molecule has 0 saturated heterocycles. The topological polar surface area (TPSA) is 107 Å². The van der Waals surface area contributed by atoms with E-state index in [2.05, 4.69) is 20.4 Å². The van der Waals surface area contributed by atoms with Crippen LogP contribution in [0.4, 0.5) is 4.39 Å². The van der Waals surface area contributed by atoms with Crippen LogP contribution >= 0.6 is 11.6 Å². The summed E-state index contributed by atoms with van der Waals surface area (Å²) >= 11 is 5.63. The summed E-state index contributed by atoms with van der Waals surface area (Å²) < 4.78 is 38.9. The Morgan fingerprint density at radius 2 is 2.04 bits per heavy atom. The minimum Gasteiger partial charge on any atom is -0.345 e. The number of nitrogens with zero attached hydrogens (tertiary/aromatic N) is 4. The van der Waals surface area contributed by atoms with Gasteiger partial charge in [0, 0.05) is 12.4 Å². The van der Waals surface area contributed by atoms with Crippen LogP contribution in [-0.4, -0.2) is 33.5 Å². The molecule has 0 aliphatic heterocycles. The van der Waals surface area contributed by atoms with E-state index < -0.39 is 21.7 Å². The molecule has 1 aromatic carbocycles. The monoisotopic (exact) mass is 409 g/mol. The van der Waals surface area contributed by atoms with Crippen molar-refractivity contribution in [1.82, 2.24) is 24.5 Å². The Hall–Kier alpha value is -2.85. The summed E-state index contributed by atoms with van der Waals surface area (Å²) in [5.41, 5.74) is 1.18. The van der Waals surface area contributed by atoms with Crippen molar-refractivity contribution in [2.75, 3.05) is 0 Å². The first-order valence-electron chi connectivity index (χ1n) is 7.59. The van der Waals surface area contributed by atoms with Crippen LogP contribution in [0.5, 0.6) is 0 Å². The number of hydrogen-bond donors (Lipinski definition) is 1. The molecule has 140 valence electrons. The standard InChI is InChI=1S/C16H13ClFN5O3S/c1-10-7-20-11(8-19-10)9-21-16(24)15-4-5-23(22-15)27(25,26)12-2-3-14(18)13(17)6-12/h2-8H,9H2,1H3,(H,21,24). The second-order valence-electron chi connectivity index (χ2n) is 5.49. The van der Waals surface area contributed by atoms with E-state index in [4.69, 9.17) is 11.6 Å². The van der Waals surface area contributed by atoms with Crippen LogP contribution in [0, 0.1) is 12.7 Å². The highest BCUT2D eigenvalue weighted by Gasteiger charge is 2.21. The molecule has 0 aliphatic rings. The average Bonchev–Trinajstić information content (AvgIpc) is 3.14. The molecule has 3 aromatic rings. The van der Waals surface area contributed by atoms with Gasteiger partial charge in [-0.25, -0.2) is 4.39 Å². The molecule has 27 heavy (non-hydrogen) atoms. The van der Waals surface area contributed by atoms with E-state index >= 15 is 0 Å². The maximum atomic E-state index is 13.2. The fraction of sp³-hybridized carbons (Fsp3) is 0.125. The summed E-state index contributed by atoms with van der Waals surface area (Å²) in [5, 5.41) is 6.02. The second-order valence-corrected chi connectivity index (χ2v) is 7.69. The fourth-order valence-electron chi connectivity index (χ4n) is 2.08. The van der Waals surface area contributed by atoms with Gasteiger partial charge in [0.15, 0.2) is 5.69 Å². The fourth-order valence-corrected chi connectivity index (χ4v) is 3.46. The van der Waals surface area contributed by atoms with E-state index in [1.807, 2.05) is 0 Å². The minimum atomic E-state index is -4.11. The Labute approximate surface area is 159 Å². The summed E-state index contributed by atoms with van der Waals surface area (Å²) in [6.07, 6.45) is 4.21. The Kier molecular flexibility index (Phi) is 5.19. The van der Waals surface area contributed by atoms with Crippen molar-refractivity contribution in [2.45, 2.75) is 18.4 Å². The molecule has 0 spiro atoms. The first-order valence-corrected chi connectivity index (χ1v) is 9.41. The molecule has 0 bridgehead atoms. The molecule has 1 amide bonds. The van der Waals surface area contributed by atoms with Gasteiger partial charge in [-0.15, -0.1) is 0 Å². The summed E-state index contributed by atoms with van der Waals surface area (Å²) in [7, 11) is -4.11. The first kappa shape index (κ1) is 18.9. The van der Waals surface area contributed by atoms with Crippen molar-refractivity contribution in [3.05, 3.63) is 70.8 Å². The lowest BCUT2D eigenvalue weighted by Crippen LogP contribution is -2.24. The van der Waals surface area contributed by atoms with Gasteiger partial charge in [-0.05, 0) is 31.2 Å². The molecule has 1 N–H and O–H groups in total. The van der Waals surface area contributed by atoms with E-state index in [0.29, 0.717) is 9.78 Å². The number of carbonyl (C=O) groups excluding carboxylic acids is 1. The molecule has 0 unspecified atom stereocenters. The summed E-state index contributed by atoms with van der Waals surface area (Å²) in [4.78, 5) is 20.1. The maximum Gasteiger partial charge on any atom is 0.283 e. The number of aryl methyl sites for hydroxylation is 1. The van der Waals surface area contributed by atoms with Gasteiger partial charge in [0.1, 0.15) is 5.82 Å². The third-order valence-electron chi connectivity index (χ3n) is 3.50. The zero-order chi connectivity index (χ0) is 19.6. The van der Waals surface area contributed by atoms with Crippen molar-refractivity contribution in [1.29, 1.82) is 0 Å². The zero-order valence-corrected chi connectivity index (χ0v) is 15.5. The number of rotatable bonds is 5. The van der Waals surface area contributed by atoms with Gasteiger partial charge in [0.25, 0.3) is 15.9 Å². The van der Waals surface area contributed by atoms with Gasteiger partial charge in [0.2, 0.25) is 0 Å². The van der Waals surface area contributed by atoms with Crippen LogP contribution in [0.25, 0.3) is 0 Å². The number of aromatic nitrogens is 4. The highest BCUT2D eigenvalue weighted by Crippen LogP contribution is 2.21. The number of amides is 1. The van der Waals surface area contributed by atoms with Crippen molar-refractivity contribution in [3.8, 4) is 0 Å². The maximum absolute atomic E-state index is 13.2. The van der Waals surface area contributed by atoms with Crippen LogP contribution in [0.1, 0.15) is 21.9 Å². The summed E-state index contributed by atoms with van der Waals surface area (Å²) in [6.45, 7) is 1.90. The number of benzene rings is 1. The quantitative estimate of drug-likeness (QED) is 0.690. The van der Waals surface area contributed by atoms with Crippen LogP contribution < -0.4 is 5.32 Å². The third kappa shape index (κ3) is 4.12.